The number of aliphatic hydroxyl groups is 1. The number of amides is 1. The zero-order valence-electron chi connectivity index (χ0n) is 13.4. The molecule has 0 aliphatic rings. The number of aromatic amines is 1. The summed E-state index contributed by atoms with van der Waals surface area (Å²) in [5, 5.41) is 21.5. The van der Waals surface area contributed by atoms with Crippen molar-refractivity contribution in [1.82, 2.24) is 9.97 Å². The summed E-state index contributed by atoms with van der Waals surface area (Å²) in [4.78, 5) is 31.5. The Morgan fingerprint density at radius 2 is 2.12 bits per heavy atom. The molecule has 124 valence electrons. The van der Waals surface area contributed by atoms with Crippen molar-refractivity contribution in [2.75, 3.05) is 11.9 Å². The van der Waals surface area contributed by atoms with E-state index in [2.05, 4.69) is 15.3 Å². The highest BCUT2D eigenvalue weighted by atomic mass is 16.3. The van der Waals surface area contributed by atoms with Crippen molar-refractivity contribution in [1.29, 1.82) is 5.41 Å². The maximum Gasteiger partial charge on any atom is 0.226 e. The van der Waals surface area contributed by atoms with Crippen LogP contribution in [0.15, 0.2) is 18.3 Å². The first-order valence-electron chi connectivity index (χ1n) is 7.70. The number of nitrogens with one attached hydrogen (secondary N) is 3. The lowest BCUT2D eigenvalue weighted by Crippen LogP contribution is -2.19. The topological polar surface area (TPSA) is 119 Å². The van der Waals surface area contributed by atoms with Gasteiger partial charge in [-0.15, -0.1) is 0 Å². The minimum absolute atomic E-state index is 0.00958. The number of aromatic nitrogens is 2. The van der Waals surface area contributed by atoms with Crippen LogP contribution in [-0.4, -0.2) is 33.4 Å². The Kier molecular flexibility index (Phi) is 4.02. The molecule has 2 heterocycles. The molecule has 7 nitrogen and oxygen atoms in total. The van der Waals surface area contributed by atoms with Crippen LogP contribution in [0.1, 0.15) is 30.8 Å². The second-order valence-electron chi connectivity index (χ2n) is 6.01. The molecule has 3 rings (SSSR count). The molecule has 3 aromatic rings. The SMILES string of the molecule is CC(C)C(=O)Nc1cc(=N)c2ncc3cc(C(=O)CCO)[nH]c1c32. The third kappa shape index (κ3) is 2.63. The molecule has 0 saturated heterocycles. The van der Waals surface area contributed by atoms with Crippen LogP contribution in [0.5, 0.6) is 0 Å². The summed E-state index contributed by atoms with van der Waals surface area (Å²) in [5.74, 6) is -0.617. The minimum Gasteiger partial charge on any atom is -0.396 e. The fourth-order valence-corrected chi connectivity index (χ4v) is 2.61. The lowest BCUT2D eigenvalue weighted by atomic mass is 10.1. The molecule has 7 heteroatoms. The number of hydrogen-bond donors (Lipinski definition) is 4. The van der Waals surface area contributed by atoms with Gasteiger partial charge in [0.2, 0.25) is 5.91 Å². The van der Waals surface area contributed by atoms with Crippen molar-refractivity contribution in [3.05, 3.63) is 29.4 Å². The Hall–Kier alpha value is -2.80. The van der Waals surface area contributed by atoms with Gasteiger partial charge in [0, 0.05) is 29.3 Å². The van der Waals surface area contributed by atoms with E-state index in [-0.39, 0.29) is 36.0 Å². The number of carbonyl (C=O) groups is 2. The quantitative estimate of drug-likeness (QED) is 0.534. The van der Waals surface area contributed by atoms with E-state index >= 15 is 0 Å². The summed E-state index contributed by atoms with van der Waals surface area (Å²) in [7, 11) is 0. The number of carbonyl (C=O) groups excluding carboxylic acids is 2. The van der Waals surface area contributed by atoms with Gasteiger partial charge >= 0.3 is 0 Å². The van der Waals surface area contributed by atoms with E-state index in [9.17, 15) is 9.59 Å². The Balaban J connectivity index is 2.25. The van der Waals surface area contributed by atoms with Gasteiger partial charge < -0.3 is 15.4 Å². The number of anilines is 1. The molecular formula is C17H18N4O3. The molecule has 0 aliphatic carbocycles. The van der Waals surface area contributed by atoms with Crippen molar-refractivity contribution in [3.63, 3.8) is 0 Å². The lowest BCUT2D eigenvalue weighted by Gasteiger charge is -2.12. The molecule has 0 fully saturated rings. The van der Waals surface area contributed by atoms with Crippen molar-refractivity contribution >= 4 is 39.2 Å². The van der Waals surface area contributed by atoms with E-state index in [1.165, 1.54) is 6.07 Å². The van der Waals surface area contributed by atoms with Gasteiger partial charge in [-0.25, -0.2) is 0 Å². The molecule has 1 amide bonds. The minimum atomic E-state index is -0.234. The van der Waals surface area contributed by atoms with E-state index in [1.807, 2.05) is 0 Å². The summed E-state index contributed by atoms with van der Waals surface area (Å²) in [6.07, 6.45) is 1.61. The van der Waals surface area contributed by atoms with Crippen molar-refractivity contribution in [3.8, 4) is 0 Å². The molecule has 0 atom stereocenters. The van der Waals surface area contributed by atoms with E-state index in [4.69, 9.17) is 10.5 Å². The van der Waals surface area contributed by atoms with Gasteiger partial charge in [0.15, 0.2) is 5.78 Å². The number of Topliss-reactive ketones (excluding diaryl/α,β-unsaturated/α-hetero) is 1. The lowest BCUT2D eigenvalue weighted by molar-refractivity contribution is -0.118. The Labute approximate surface area is 137 Å². The largest absolute Gasteiger partial charge is 0.396 e. The number of hydrogen-bond acceptors (Lipinski definition) is 5. The van der Waals surface area contributed by atoms with Gasteiger partial charge in [0.25, 0.3) is 0 Å². The number of rotatable bonds is 5. The normalized spacial score (nSPS) is 11.5. The van der Waals surface area contributed by atoms with E-state index in [0.717, 1.165) is 0 Å². The van der Waals surface area contributed by atoms with Crippen molar-refractivity contribution in [2.45, 2.75) is 20.3 Å². The zero-order chi connectivity index (χ0) is 17.4. The molecule has 4 N–H and O–H groups in total. The summed E-state index contributed by atoms with van der Waals surface area (Å²) < 4.78 is 0. The average Bonchev–Trinajstić information content (AvgIpc) is 2.97. The van der Waals surface area contributed by atoms with Gasteiger partial charge in [-0.2, -0.15) is 0 Å². The predicted molar refractivity (Wildman–Crippen MR) is 90.1 cm³/mol. The zero-order valence-corrected chi connectivity index (χ0v) is 13.4. The second-order valence-corrected chi connectivity index (χ2v) is 6.01. The number of pyridine rings is 1. The molecule has 0 radical (unpaired) electrons. The molecule has 24 heavy (non-hydrogen) atoms. The molecule has 2 aromatic heterocycles. The molecule has 0 saturated carbocycles. The van der Waals surface area contributed by atoms with E-state index in [0.29, 0.717) is 33.2 Å². The first-order chi connectivity index (χ1) is 11.4. The third-order valence-electron chi connectivity index (χ3n) is 3.90. The molecule has 1 aromatic carbocycles. The molecule has 0 unspecified atom stereocenters. The third-order valence-corrected chi connectivity index (χ3v) is 3.90. The number of nitrogens with zero attached hydrogens (tertiary/aromatic N) is 1. The molecular weight excluding hydrogens is 308 g/mol. The van der Waals surface area contributed by atoms with Crippen LogP contribution in [0.3, 0.4) is 0 Å². The first kappa shape index (κ1) is 16.1. The van der Waals surface area contributed by atoms with Crippen LogP contribution in [-0.2, 0) is 4.79 Å². The highest BCUT2D eigenvalue weighted by Gasteiger charge is 2.17. The summed E-state index contributed by atoms with van der Waals surface area (Å²) in [5.41, 5.74) is 1.86. The van der Waals surface area contributed by atoms with Crippen LogP contribution in [0.4, 0.5) is 5.69 Å². The van der Waals surface area contributed by atoms with Crippen LogP contribution >= 0.6 is 0 Å². The average molecular weight is 326 g/mol. The number of aliphatic hydroxyl groups excluding tert-OH is 1. The van der Waals surface area contributed by atoms with Gasteiger partial charge in [-0.3, -0.25) is 20.0 Å². The van der Waals surface area contributed by atoms with E-state index < -0.39 is 0 Å². The molecule has 0 aliphatic heterocycles. The van der Waals surface area contributed by atoms with Crippen LogP contribution in [0.25, 0.3) is 21.8 Å². The van der Waals surface area contributed by atoms with Crippen LogP contribution < -0.4 is 10.7 Å². The highest BCUT2D eigenvalue weighted by molar-refractivity contribution is 6.15. The number of H-pyrrole nitrogens is 1. The van der Waals surface area contributed by atoms with Crippen LogP contribution in [0, 0.1) is 11.3 Å². The smallest absolute Gasteiger partial charge is 0.226 e. The van der Waals surface area contributed by atoms with Gasteiger partial charge in [-0.1, -0.05) is 13.8 Å². The van der Waals surface area contributed by atoms with Gasteiger partial charge in [0.05, 0.1) is 34.4 Å². The fourth-order valence-electron chi connectivity index (χ4n) is 2.61. The second kappa shape index (κ2) is 6.01. The number of benzene rings is 1. The molecule has 0 spiro atoms. The Morgan fingerprint density at radius 1 is 1.38 bits per heavy atom. The number of ketones is 1. The summed E-state index contributed by atoms with van der Waals surface area (Å²) in [6, 6.07) is 3.19. The Bertz CT molecular complexity index is 991. The standard InChI is InChI=1S/C17H18N4O3/c1-8(2)17(24)21-12-6-10(18)15-14-9(7-19-15)5-11(20-16(12)14)13(23)3-4-22/h5-8,18,20,22H,3-4H2,1-2H3,(H,21,24). The Morgan fingerprint density at radius 3 is 2.79 bits per heavy atom. The van der Waals surface area contributed by atoms with Gasteiger partial charge in [0.1, 0.15) is 0 Å². The fraction of sp³-hybridized carbons (Fsp3) is 0.294. The van der Waals surface area contributed by atoms with Gasteiger partial charge in [-0.05, 0) is 12.1 Å². The summed E-state index contributed by atoms with van der Waals surface area (Å²) >= 11 is 0. The first-order valence-corrected chi connectivity index (χ1v) is 7.70. The molecule has 0 bridgehead atoms. The summed E-state index contributed by atoms with van der Waals surface area (Å²) in [6.45, 7) is 3.32. The van der Waals surface area contributed by atoms with Crippen molar-refractivity contribution in [2.24, 2.45) is 5.92 Å². The maximum absolute atomic E-state index is 12.1. The monoisotopic (exact) mass is 326 g/mol. The van der Waals surface area contributed by atoms with E-state index in [1.54, 1.807) is 26.1 Å². The van der Waals surface area contributed by atoms with Crippen molar-refractivity contribution < 1.29 is 14.7 Å². The maximum atomic E-state index is 12.1. The predicted octanol–water partition coefficient (Wildman–Crippen LogP) is 1.79. The highest BCUT2D eigenvalue weighted by Crippen LogP contribution is 2.29. The van der Waals surface area contributed by atoms with Crippen LogP contribution in [0.2, 0.25) is 0 Å².